The molecule has 0 saturated carbocycles. The molecule has 2 aromatic carbocycles. The summed E-state index contributed by atoms with van der Waals surface area (Å²) >= 11 is 0. The third kappa shape index (κ3) is 3.25. The van der Waals surface area contributed by atoms with Crippen LogP contribution in [0.5, 0.6) is 0 Å². The zero-order valence-corrected chi connectivity index (χ0v) is 15.3. The molecule has 4 nitrogen and oxygen atoms in total. The molecule has 3 aromatic rings. The number of amides is 1. The number of carbonyl (C=O) groups excluding carboxylic acids is 1. The Balaban J connectivity index is 1.42. The molecule has 4 heteroatoms. The Bertz CT molecular complexity index is 923. The fourth-order valence-electron chi connectivity index (χ4n) is 3.70. The van der Waals surface area contributed by atoms with E-state index in [1.807, 2.05) is 17.9 Å². The van der Waals surface area contributed by atoms with Gasteiger partial charge in [-0.05, 0) is 48.4 Å². The number of piperazine rings is 1. The van der Waals surface area contributed by atoms with E-state index in [4.69, 9.17) is 4.42 Å². The first-order valence-corrected chi connectivity index (χ1v) is 9.20. The summed E-state index contributed by atoms with van der Waals surface area (Å²) in [7, 11) is 0. The van der Waals surface area contributed by atoms with Gasteiger partial charge in [-0.15, -0.1) is 0 Å². The summed E-state index contributed by atoms with van der Waals surface area (Å²) in [6, 6.07) is 19.1. The first kappa shape index (κ1) is 16.9. The van der Waals surface area contributed by atoms with Crippen molar-refractivity contribution in [3.05, 3.63) is 71.7 Å². The highest BCUT2D eigenvalue weighted by atomic mass is 16.3. The summed E-state index contributed by atoms with van der Waals surface area (Å²) in [6.45, 7) is 7.32. The lowest BCUT2D eigenvalue weighted by Gasteiger charge is -2.38. The molecule has 2 heterocycles. The maximum atomic E-state index is 12.5. The molecule has 0 radical (unpaired) electrons. The molecule has 0 N–H and O–H groups in total. The molecular formula is C22H24N2O2. The van der Waals surface area contributed by atoms with Gasteiger partial charge in [0, 0.05) is 32.2 Å². The molecular weight excluding hydrogens is 324 g/mol. The van der Waals surface area contributed by atoms with E-state index in [1.54, 1.807) is 6.07 Å². The van der Waals surface area contributed by atoms with Gasteiger partial charge in [0.25, 0.3) is 5.91 Å². The van der Waals surface area contributed by atoms with Crippen molar-refractivity contribution in [1.82, 2.24) is 9.80 Å². The summed E-state index contributed by atoms with van der Waals surface area (Å²) < 4.78 is 5.48. The van der Waals surface area contributed by atoms with Crippen molar-refractivity contribution in [2.45, 2.75) is 19.9 Å². The molecule has 26 heavy (non-hydrogen) atoms. The van der Waals surface area contributed by atoms with Crippen LogP contribution in [0.3, 0.4) is 0 Å². The summed E-state index contributed by atoms with van der Waals surface area (Å²) in [5.41, 5.74) is 1.32. The van der Waals surface area contributed by atoms with Gasteiger partial charge in [-0.1, -0.05) is 36.4 Å². The molecule has 4 rings (SSSR count). The van der Waals surface area contributed by atoms with E-state index in [9.17, 15) is 4.79 Å². The van der Waals surface area contributed by atoms with Crippen LogP contribution in [0.4, 0.5) is 0 Å². The molecule has 0 bridgehead atoms. The molecule has 1 aliphatic heterocycles. The van der Waals surface area contributed by atoms with Gasteiger partial charge in [0.05, 0.1) is 0 Å². The third-order valence-electron chi connectivity index (χ3n) is 5.36. The van der Waals surface area contributed by atoms with Gasteiger partial charge in [-0.3, -0.25) is 9.69 Å². The number of carbonyl (C=O) groups is 1. The second-order valence-corrected chi connectivity index (χ2v) is 7.02. The van der Waals surface area contributed by atoms with Crippen molar-refractivity contribution < 1.29 is 9.21 Å². The largest absolute Gasteiger partial charge is 0.456 e. The van der Waals surface area contributed by atoms with Crippen molar-refractivity contribution in [3.8, 4) is 0 Å². The highest BCUT2D eigenvalue weighted by Gasteiger charge is 2.26. The van der Waals surface area contributed by atoms with Gasteiger partial charge in [0.1, 0.15) is 5.76 Å². The van der Waals surface area contributed by atoms with Crippen molar-refractivity contribution in [2.24, 2.45) is 0 Å². The van der Waals surface area contributed by atoms with Crippen LogP contribution < -0.4 is 0 Å². The van der Waals surface area contributed by atoms with Gasteiger partial charge in [0.2, 0.25) is 0 Å². The van der Waals surface area contributed by atoms with Crippen LogP contribution >= 0.6 is 0 Å². The van der Waals surface area contributed by atoms with Gasteiger partial charge < -0.3 is 9.32 Å². The summed E-state index contributed by atoms with van der Waals surface area (Å²) in [5.74, 6) is 1.21. The van der Waals surface area contributed by atoms with E-state index in [0.29, 0.717) is 11.8 Å². The van der Waals surface area contributed by atoms with Gasteiger partial charge in [-0.25, -0.2) is 0 Å². The van der Waals surface area contributed by atoms with Crippen LogP contribution in [-0.2, 0) is 0 Å². The number of rotatable bonds is 3. The summed E-state index contributed by atoms with van der Waals surface area (Å²) in [5, 5.41) is 2.55. The van der Waals surface area contributed by atoms with Gasteiger partial charge in [0.15, 0.2) is 5.76 Å². The van der Waals surface area contributed by atoms with Crippen molar-refractivity contribution >= 4 is 16.7 Å². The monoisotopic (exact) mass is 348 g/mol. The minimum absolute atomic E-state index is 0.00360. The highest BCUT2D eigenvalue weighted by molar-refractivity contribution is 5.91. The molecule has 1 unspecified atom stereocenters. The number of aryl methyl sites for hydroxylation is 1. The zero-order valence-electron chi connectivity index (χ0n) is 15.3. The lowest BCUT2D eigenvalue weighted by Crippen LogP contribution is -2.49. The quantitative estimate of drug-likeness (QED) is 0.710. The topological polar surface area (TPSA) is 36.7 Å². The Labute approximate surface area is 154 Å². The van der Waals surface area contributed by atoms with E-state index in [-0.39, 0.29) is 5.91 Å². The number of hydrogen-bond donors (Lipinski definition) is 0. The number of benzene rings is 2. The number of fused-ring (bicyclic) bond motifs is 1. The SMILES string of the molecule is Cc1ccc(C(=O)N2CCN(C(C)c3ccc4ccccc4c3)CC2)o1. The summed E-state index contributed by atoms with van der Waals surface area (Å²) in [4.78, 5) is 16.9. The minimum Gasteiger partial charge on any atom is -0.456 e. The third-order valence-corrected chi connectivity index (χ3v) is 5.36. The van der Waals surface area contributed by atoms with E-state index < -0.39 is 0 Å². The fourth-order valence-corrected chi connectivity index (χ4v) is 3.70. The zero-order chi connectivity index (χ0) is 18.1. The molecule has 0 spiro atoms. The van der Waals surface area contributed by atoms with Gasteiger partial charge >= 0.3 is 0 Å². The molecule has 1 aromatic heterocycles. The van der Waals surface area contributed by atoms with E-state index in [0.717, 1.165) is 31.9 Å². The first-order valence-electron chi connectivity index (χ1n) is 9.20. The van der Waals surface area contributed by atoms with Crippen LogP contribution in [0.25, 0.3) is 10.8 Å². The smallest absolute Gasteiger partial charge is 0.289 e. The van der Waals surface area contributed by atoms with Crippen LogP contribution in [0, 0.1) is 6.92 Å². The molecule has 134 valence electrons. The normalized spacial score (nSPS) is 16.8. The fraction of sp³-hybridized carbons (Fsp3) is 0.318. The van der Waals surface area contributed by atoms with Crippen LogP contribution in [-0.4, -0.2) is 41.9 Å². The summed E-state index contributed by atoms with van der Waals surface area (Å²) in [6.07, 6.45) is 0. The Morgan fingerprint density at radius 1 is 0.962 bits per heavy atom. The average molecular weight is 348 g/mol. The standard InChI is InChI=1S/C22H24N2O2/c1-16-7-10-21(26-16)22(25)24-13-11-23(12-14-24)17(2)19-9-8-18-5-3-4-6-20(18)15-19/h3-10,15,17H,11-14H2,1-2H3. The molecule has 1 aliphatic rings. The first-order chi connectivity index (χ1) is 12.6. The Morgan fingerprint density at radius 2 is 1.69 bits per heavy atom. The van der Waals surface area contributed by atoms with E-state index in [2.05, 4.69) is 54.3 Å². The maximum Gasteiger partial charge on any atom is 0.289 e. The Hall–Kier alpha value is -2.59. The predicted octanol–water partition coefficient (Wildman–Crippen LogP) is 4.26. The number of furan rings is 1. The number of nitrogens with zero attached hydrogens (tertiary/aromatic N) is 2. The predicted molar refractivity (Wildman–Crippen MR) is 103 cm³/mol. The van der Waals surface area contributed by atoms with E-state index in [1.165, 1.54) is 16.3 Å². The molecule has 0 aliphatic carbocycles. The van der Waals surface area contributed by atoms with Crippen molar-refractivity contribution in [1.29, 1.82) is 0 Å². The molecule has 1 saturated heterocycles. The molecule has 1 fully saturated rings. The van der Waals surface area contributed by atoms with Crippen LogP contribution in [0.15, 0.2) is 59.0 Å². The number of hydrogen-bond acceptors (Lipinski definition) is 3. The van der Waals surface area contributed by atoms with E-state index >= 15 is 0 Å². The Kier molecular flexibility index (Phi) is 4.51. The molecule has 1 amide bonds. The van der Waals surface area contributed by atoms with Crippen LogP contribution in [0.1, 0.15) is 34.8 Å². The Morgan fingerprint density at radius 3 is 2.38 bits per heavy atom. The van der Waals surface area contributed by atoms with Crippen molar-refractivity contribution in [3.63, 3.8) is 0 Å². The lowest BCUT2D eigenvalue weighted by molar-refractivity contribution is 0.0552. The van der Waals surface area contributed by atoms with Crippen molar-refractivity contribution in [2.75, 3.05) is 26.2 Å². The average Bonchev–Trinajstić information content (AvgIpc) is 3.13. The second-order valence-electron chi connectivity index (χ2n) is 7.02. The maximum absolute atomic E-state index is 12.5. The molecule has 1 atom stereocenters. The second kappa shape index (κ2) is 6.96. The van der Waals surface area contributed by atoms with Gasteiger partial charge in [-0.2, -0.15) is 0 Å². The minimum atomic E-state index is -0.00360. The van der Waals surface area contributed by atoms with Crippen LogP contribution in [0.2, 0.25) is 0 Å². The lowest BCUT2D eigenvalue weighted by atomic mass is 10.0. The highest BCUT2D eigenvalue weighted by Crippen LogP contribution is 2.25.